The molecule has 1 aliphatic heterocycles. The highest BCUT2D eigenvalue weighted by Crippen LogP contribution is 2.45. The van der Waals surface area contributed by atoms with Crippen molar-refractivity contribution in [3.63, 3.8) is 0 Å². The van der Waals surface area contributed by atoms with Crippen LogP contribution in [0.3, 0.4) is 0 Å². The first-order valence-electron chi connectivity index (χ1n) is 8.61. The van der Waals surface area contributed by atoms with Crippen LogP contribution in [-0.4, -0.2) is 30.3 Å². The summed E-state index contributed by atoms with van der Waals surface area (Å²) in [6.07, 6.45) is 1.23. The van der Waals surface area contributed by atoms with Crippen molar-refractivity contribution in [1.29, 1.82) is 0 Å². The van der Waals surface area contributed by atoms with E-state index in [1.54, 1.807) is 6.07 Å². The summed E-state index contributed by atoms with van der Waals surface area (Å²) >= 11 is 0. The number of aliphatic hydroxyl groups is 1. The molecule has 2 aliphatic rings. The lowest BCUT2D eigenvalue weighted by molar-refractivity contribution is -0.132. The van der Waals surface area contributed by atoms with E-state index in [0.717, 1.165) is 18.4 Å². The van der Waals surface area contributed by atoms with Crippen LogP contribution < -0.4 is 14.8 Å². The molecule has 1 fully saturated rings. The molecule has 2 N–H and O–H groups in total. The second-order valence-corrected chi connectivity index (χ2v) is 6.65. The summed E-state index contributed by atoms with van der Waals surface area (Å²) in [5.74, 6) is 1.11. The van der Waals surface area contributed by atoms with E-state index in [4.69, 9.17) is 9.47 Å². The Bertz CT molecular complexity index is 759. The average Bonchev–Trinajstić information content (AvgIpc) is 3.52. The quantitative estimate of drug-likeness (QED) is 0.877. The largest absolute Gasteiger partial charge is 0.485 e. The Morgan fingerprint density at radius 3 is 2.48 bits per heavy atom. The van der Waals surface area contributed by atoms with Gasteiger partial charge in [0.05, 0.1) is 6.54 Å². The number of carbonyl (C=O) groups excluding carboxylic acids is 1. The molecule has 1 heterocycles. The van der Waals surface area contributed by atoms with E-state index in [0.29, 0.717) is 11.5 Å². The van der Waals surface area contributed by atoms with Gasteiger partial charge in [0.25, 0.3) is 5.91 Å². The predicted molar refractivity (Wildman–Crippen MR) is 92.4 cm³/mol. The number of hydrogen-bond donors (Lipinski definition) is 2. The van der Waals surface area contributed by atoms with Crippen molar-refractivity contribution in [3.8, 4) is 11.5 Å². The highest BCUT2D eigenvalue weighted by atomic mass is 16.6. The summed E-state index contributed by atoms with van der Waals surface area (Å²) in [7, 11) is 0. The smallest absolute Gasteiger partial charge is 0.264 e. The fourth-order valence-electron chi connectivity index (χ4n) is 3.25. The number of amides is 1. The van der Waals surface area contributed by atoms with Crippen molar-refractivity contribution in [3.05, 3.63) is 60.2 Å². The van der Waals surface area contributed by atoms with Crippen LogP contribution in [0.2, 0.25) is 0 Å². The van der Waals surface area contributed by atoms with Crippen LogP contribution >= 0.6 is 0 Å². The van der Waals surface area contributed by atoms with E-state index in [1.807, 2.05) is 48.5 Å². The zero-order valence-electron chi connectivity index (χ0n) is 13.9. The first-order chi connectivity index (χ1) is 12.2. The first kappa shape index (κ1) is 16.0. The minimum Gasteiger partial charge on any atom is -0.485 e. The van der Waals surface area contributed by atoms with Gasteiger partial charge >= 0.3 is 0 Å². The van der Waals surface area contributed by atoms with Gasteiger partial charge in [-0.2, -0.15) is 0 Å². The highest BCUT2D eigenvalue weighted by molar-refractivity contribution is 5.81. The number of hydrogen-bond acceptors (Lipinski definition) is 4. The molecule has 130 valence electrons. The molecule has 2 unspecified atom stereocenters. The fraction of sp³-hybridized carbons (Fsp3) is 0.350. The van der Waals surface area contributed by atoms with Crippen molar-refractivity contribution in [2.75, 3.05) is 13.2 Å². The molecule has 1 saturated carbocycles. The summed E-state index contributed by atoms with van der Waals surface area (Å²) in [4.78, 5) is 12.5. The second-order valence-electron chi connectivity index (χ2n) is 6.65. The van der Waals surface area contributed by atoms with Gasteiger partial charge < -0.3 is 19.9 Å². The van der Waals surface area contributed by atoms with Crippen molar-refractivity contribution in [2.45, 2.75) is 24.5 Å². The standard InChI is InChI=1S/C20H21NO4/c22-19(18-12-24-16-8-4-5-9-17(16)25-18)21-13-20(23,15-10-11-15)14-6-2-1-3-7-14/h1-9,15,18,23H,10-13H2,(H,21,22). The van der Waals surface area contributed by atoms with Crippen molar-refractivity contribution < 1.29 is 19.4 Å². The molecule has 0 bridgehead atoms. The molecule has 5 heteroatoms. The maximum absolute atomic E-state index is 12.5. The van der Waals surface area contributed by atoms with E-state index in [2.05, 4.69) is 5.32 Å². The fourth-order valence-corrected chi connectivity index (χ4v) is 3.25. The van der Waals surface area contributed by atoms with Gasteiger partial charge in [-0.25, -0.2) is 0 Å². The zero-order chi connectivity index (χ0) is 17.3. The molecule has 0 aromatic heterocycles. The van der Waals surface area contributed by atoms with Crippen molar-refractivity contribution >= 4 is 5.91 Å². The predicted octanol–water partition coefficient (Wildman–Crippen LogP) is 2.24. The Morgan fingerprint density at radius 1 is 1.08 bits per heavy atom. The topological polar surface area (TPSA) is 67.8 Å². The number of fused-ring (bicyclic) bond motifs is 1. The first-order valence-corrected chi connectivity index (χ1v) is 8.61. The SMILES string of the molecule is O=C(NCC(O)(c1ccccc1)C1CC1)C1COc2ccccc2O1. The van der Waals surface area contributed by atoms with Gasteiger partial charge in [-0.1, -0.05) is 42.5 Å². The van der Waals surface area contributed by atoms with Crippen molar-refractivity contribution in [1.82, 2.24) is 5.32 Å². The second kappa shape index (κ2) is 6.41. The Balaban J connectivity index is 1.43. The minimum atomic E-state index is -1.04. The molecular weight excluding hydrogens is 318 g/mol. The number of para-hydroxylation sites is 2. The summed E-state index contributed by atoms with van der Waals surface area (Å²) < 4.78 is 11.3. The normalized spacial score (nSPS) is 21.2. The Morgan fingerprint density at radius 2 is 1.76 bits per heavy atom. The van der Waals surface area contributed by atoms with E-state index in [1.165, 1.54) is 0 Å². The Labute approximate surface area is 146 Å². The molecule has 1 aliphatic carbocycles. The lowest BCUT2D eigenvalue weighted by Crippen LogP contribution is -2.49. The van der Waals surface area contributed by atoms with Crippen LogP contribution in [0.4, 0.5) is 0 Å². The van der Waals surface area contributed by atoms with Gasteiger partial charge in [0.2, 0.25) is 6.10 Å². The molecule has 0 spiro atoms. The van der Waals surface area contributed by atoms with Gasteiger partial charge in [0, 0.05) is 0 Å². The summed E-state index contributed by atoms with van der Waals surface area (Å²) in [6, 6.07) is 16.8. The number of rotatable bonds is 5. The average molecular weight is 339 g/mol. The molecule has 25 heavy (non-hydrogen) atoms. The van der Waals surface area contributed by atoms with Crippen LogP contribution in [0.15, 0.2) is 54.6 Å². The molecule has 2 aromatic carbocycles. The van der Waals surface area contributed by atoms with Gasteiger partial charge in [-0.3, -0.25) is 4.79 Å². The van der Waals surface area contributed by atoms with Gasteiger partial charge in [-0.05, 0) is 36.5 Å². The third-order valence-electron chi connectivity index (χ3n) is 4.86. The number of ether oxygens (including phenoxy) is 2. The van der Waals surface area contributed by atoms with Gasteiger partial charge in [-0.15, -0.1) is 0 Å². The Hall–Kier alpha value is -2.53. The summed E-state index contributed by atoms with van der Waals surface area (Å²) in [5, 5.41) is 14.0. The molecule has 5 nitrogen and oxygen atoms in total. The van der Waals surface area contributed by atoms with E-state index in [9.17, 15) is 9.90 Å². The Kier molecular flexibility index (Phi) is 4.09. The van der Waals surface area contributed by atoms with Crippen LogP contribution in [-0.2, 0) is 10.4 Å². The zero-order valence-corrected chi connectivity index (χ0v) is 13.9. The molecule has 0 radical (unpaired) electrons. The van der Waals surface area contributed by atoms with E-state index >= 15 is 0 Å². The van der Waals surface area contributed by atoms with Crippen molar-refractivity contribution in [2.24, 2.45) is 5.92 Å². The monoisotopic (exact) mass is 339 g/mol. The van der Waals surface area contributed by atoms with Crippen LogP contribution in [0, 0.1) is 5.92 Å². The lowest BCUT2D eigenvalue weighted by Gasteiger charge is -2.31. The third-order valence-corrected chi connectivity index (χ3v) is 4.86. The van der Waals surface area contributed by atoms with E-state index < -0.39 is 11.7 Å². The molecule has 0 saturated heterocycles. The third kappa shape index (κ3) is 3.20. The van der Waals surface area contributed by atoms with Crippen LogP contribution in [0.25, 0.3) is 0 Å². The molecular formula is C20H21NO4. The number of benzene rings is 2. The maximum Gasteiger partial charge on any atom is 0.264 e. The van der Waals surface area contributed by atoms with Crippen LogP contribution in [0.5, 0.6) is 11.5 Å². The molecule has 4 rings (SSSR count). The maximum atomic E-state index is 12.5. The minimum absolute atomic E-state index is 0.163. The molecule has 2 aromatic rings. The molecule has 1 amide bonds. The van der Waals surface area contributed by atoms with Crippen LogP contribution in [0.1, 0.15) is 18.4 Å². The van der Waals surface area contributed by atoms with E-state index in [-0.39, 0.29) is 25.0 Å². The molecule has 2 atom stereocenters. The summed E-state index contributed by atoms with van der Waals surface area (Å²) in [6.45, 7) is 0.331. The number of carbonyl (C=O) groups is 1. The summed E-state index contributed by atoms with van der Waals surface area (Å²) in [5.41, 5.74) is -0.200. The van der Waals surface area contributed by atoms with Gasteiger partial charge in [0.1, 0.15) is 12.2 Å². The lowest BCUT2D eigenvalue weighted by atomic mass is 9.88. The number of nitrogens with one attached hydrogen (secondary N) is 1. The van der Waals surface area contributed by atoms with Gasteiger partial charge in [0.15, 0.2) is 11.5 Å². The highest BCUT2D eigenvalue weighted by Gasteiger charge is 2.45.